The number of benzene rings is 1. The average Bonchev–Trinajstić information content (AvgIpc) is 2.26. The molecule has 19 heavy (non-hydrogen) atoms. The summed E-state index contributed by atoms with van der Waals surface area (Å²) in [5, 5.41) is 0. The van der Waals surface area contributed by atoms with Crippen molar-refractivity contribution >= 4 is 0 Å². The molecule has 0 amide bonds. The number of rotatable bonds is 2. The van der Waals surface area contributed by atoms with Crippen molar-refractivity contribution in [2.75, 3.05) is 13.1 Å². The van der Waals surface area contributed by atoms with Crippen molar-refractivity contribution in [2.45, 2.75) is 38.8 Å². The lowest BCUT2D eigenvalue weighted by molar-refractivity contribution is -0.138. The molecule has 0 aromatic heterocycles. The van der Waals surface area contributed by atoms with Crippen LogP contribution in [0.5, 0.6) is 0 Å². The third-order valence-electron chi connectivity index (χ3n) is 3.21. The molecule has 0 saturated carbocycles. The Bertz CT molecular complexity index is 423. The lowest BCUT2D eigenvalue weighted by Crippen LogP contribution is -2.45. The zero-order valence-corrected chi connectivity index (χ0v) is 11.1. The van der Waals surface area contributed by atoms with Gasteiger partial charge in [-0.2, -0.15) is 13.2 Å². The maximum Gasteiger partial charge on any atom is 0.416 e. The maximum atomic E-state index is 12.9. The Labute approximate surface area is 111 Å². The fourth-order valence-corrected chi connectivity index (χ4v) is 2.59. The summed E-state index contributed by atoms with van der Waals surface area (Å²) >= 11 is 0. The van der Waals surface area contributed by atoms with Crippen LogP contribution in [0.15, 0.2) is 24.3 Å². The molecule has 1 aliphatic rings. The zero-order valence-electron chi connectivity index (χ0n) is 11.1. The van der Waals surface area contributed by atoms with Crippen molar-refractivity contribution in [2.24, 2.45) is 0 Å². The highest BCUT2D eigenvalue weighted by atomic mass is 19.4. The second-order valence-corrected chi connectivity index (χ2v) is 5.11. The Morgan fingerprint density at radius 1 is 1.16 bits per heavy atom. The summed E-state index contributed by atoms with van der Waals surface area (Å²) in [4.78, 5) is 2.02. The van der Waals surface area contributed by atoms with Gasteiger partial charge in [0.25, 0.3) is 0 Å². The molecule has 0 aliphatic carbocycles. The Morgan fingerprint density at radius 3 is 2.32 bits per heavy atom. The van der Waals surface area contributed by atoms with E-state index in [9.17, 15) is 13.2 Å². The van der Waals surface area contributed by atoms with E-state index >= 15 is 0 Å². The highest BCUT2D eigenvalue weighted by Crippen LogP contribution is 2.32. The van der Waals surface area contributed by atoms with Crippen molar-refractivity contribution in [3.63, 3.8) is 0 Å². The van der Waals surface area contributed by atoms with E-state index in [1.165, 1.54) is 6.07 Å². The standard InChI is InChI=1S/C14H18F3NO/c1-10-7-18(8-11(2)19-10)9-12-5-3-4-6-13(12)14(15,16)17/h3-6,10-11H,7-9H2,1-2H3. The van der Waals surface area contributed by atoms with E-state index in [-0.39, 0.29) is 12.2 Å². The Balaban J connectivity index is 2.15. The van der Waals surface area contributed by atoms with Gasteiger partial charge in [0.15, 0.2) is 0 Å². The second kappa shape index (κ2) is 5.51. The van der Waals surface area contributed by atoms with Crippen LogP contribution in [0.2, 0.25) is 0 Å². The lowest BCUT2D eigenvalue weighted by Gasteiger charge is -2.35. The molecule has 1 aromatic carbocycles. The summed E-state index contributed by atoms with van der Waals surface area (Å²) in [6.07, 6.45) is -4.18. The molecule has 0 radical (unpaired) electrons. The maximum absolute atomic E-state index is 12.9. The van der Waals surface area contributed by atoms with Crippen molar-refractivity contribution < 1.29 is 17.9 Å². The summed E-state index contributed by atoms with van der Waals surface area (Å²) in [7, 11) is 0. The number of halogens is 3. The predicted octanol–water partition coefficient (Wildman–Crippen LogP) is 3.31. The Morgan fingerprint density at radius 2 is 1.74 bits per heavy atom. The van der Waals surface area contributed by atoms with Crippen molar-refractivity contribution in [1.82, 2.24) is 4.90 Å². The highest BCUT2D eigenvalue weighted by Gasteiger charge is 2.33. The smallest absolute Gasteiger partial charge is 0.373 e. The molecule has 1 aromatic rings. The third-order valence-corrected chi connectivity index (χ3v) is 3.21. The van der Waals surface area contributed by atoms with Crippen LogP contribution in [-0.2, 0) is 17.5 Å². The van der Waals surface area contributed by atoms with Gasteiger partial charge in [-0.25, -0.2) is 0 Å². The molecule has 1 fully saturated rings. The van der Waals surface area contributed by atoms with Gasteiger partial charge in [0.2, 0.25) is 0 Å². The van der Waals surface area contributed by atoms with E-state index < -0.39 is 11.7 Å². The molecule has 106 valence electrons. The van der Waals surface area contributed by atoms with Crippen molar-refractivity contribution in [3.05, 3.63) is 35.4 Å². The summed E-state index contributed by atoms with van der Waals surface area (Å²) in [6, 6.07) is 5.77. The lowest BCUT2D eigenvalue weighted by atomic mass is 10.1. The molecule has 0 bridgehead atoms. The molecule has 1 heterocycles. The monoisotopic (exact) mass is 273 g/mol. The normalized spacial score (nSPS) is 25.5. The molecular formula is C14H18F3NO. The Hall–Kier alpha value is -1.07. The van der Waals surface area contributed by atoms with E-state index in [0.717, 1.165) is 6.07 Å². The fraction of sp³-hybridized carbons (Fsp3) is 0.571. The van der Waals surface area contributed by atoms with Gasteiger partial charge in [-0.1, -0.05) is 18.2 Å². The number of morpholine rings is 1. The first kappa shape index (κ1) is 14.3. The van der Waals surface area contributed by atoms with Crippen LogP contribution in [0, 0.1) is 0 Å². The van der Waals surface area contributed by atoms with Crippen molar-refractivity contribution in [3.8, 4) is 0 Å². The fourth-order valence-electron chi connectivity index (χ4n) is 2.59. The summed E-state index contributed by atoms with van der Waals surface area (Å²) in [6.45, 7) is 5.53. The number of hydrogen-bond acceptors (Lipinski definition) is 2. The van der Waals surface area contributed by atoms with Gasteiger partial charge in [0, 0.05) is 19.6 Å². The summed E-state index contributed by atoms with van der Waals surface area (Å²) < 4.78 is 44.3. The quantitative estimate of drug-likeness (QED) is 0.819. The van der Waals surface area contributed by atoms with Gasteiger partial charge in [0.1, 0.15) is 0 Å². The molecule has 2 nitrogen and oxygen atoms in total. The molecule has 2 unspecified atom stereocenters. The number of alkyl halides is 3. The van der Waals surface area contributed by atoms with E-state index in [4.69, 9.17) is 4.74 Å². The van der Waals surface area contributed by atoms with E-state index in [0.29, 0.717) is 25.2 Å². The van der Waals surface area contributed by atoms with Crippen LogP contribution in [0.1, 0.15) is 25.0 Å². The SMILES string of the molecule is CC1CN(Cc2ccccc2C(F)(F)F)CC(C)O1. The predicted molar refractivity (Wildman–Crippen MR) is 66.7 cm³/mol. The van der Waals surface area contributed by atoms with Crippen LogP contribution in [0.25, 0.3) is 0 Å². The van der Waals surface area contributed by atoms with Gasteiger partial charge in [-0.3, -0.25) is 4.90 Å². The van der Waals surface area contributed by atoms with Crippen LogP contribution in [0.4, 0.5) is 13.2 Å². The molecule has 0 spiro atoms. The number of ether oxygens (including phenoxy) is 1. The highest BCUT2D eigenvalue weighted by molar-refractivity contribution is 5.29. The van der Waals surface area contributed by atoms with Gasteiger partial charge >= 0.3 is 6.18 Å². The average molecular weight is 273 g/mol. The first-order chi connectivity index (χ1) is 8.86. The minimum Gasteiger partial charge on any atom is -0.373 e. The molecule has 2 rings (SSSR count). The van der Waals surface area contributed by atoms with Crippen LogP contribution >= 0.6 is 0 Å². The number of nitrogens with zero attached hydrogens (tertiary/aromatic N) is 1. The second-order valence-electron chi connectivity index (χ2n) is 5.11. The molecule has 0 N–H and O–H groups in total. The van der Waals surface area contributed by atoms with Crippen LogP contribution < -0.4 is 0 Å². The summed E-state index contributed by atoms with van der Waals surface area (Å²) in [5.41, 5.74) is -0.210. The molecule has 1 aliphatic heterocycles. The zero-order chi connectivity index (χ0) is 14.0. The van der Waals surface area contributed by atoms with Gasteiger partial charge in [-0.05, 0) is 25.5 Å². The van der Waals surface area contributed by atoms with Gasteiger partial charge in [0.05, 0.1) is 17.8 Å². The van der Waals surface area contributed by atoms with Crippen LogP contribution in [-0.4, -0.2) is 30.2 Å². The van der Waals surface area contributed by atoms with E-state index in [1.54, 1.807) is 12.1 Å². The molecule has 5 heteroatoms. The van der Waals surface area contributed by atoms with Gasteiger partial charge < -0.3 is 4.74 Å². The van der Waals surface area contributed by atoms with Crippen molar-refractivity contribution in [1.29, 1.82) is 0 Å². The molecule has 2 atom stereocenters. The van der Waals surface area contributed by atoms with E-state index in [1.807, 2.05) is 18.7 Å². The molecule has 1 saturated heterocycles. The molecular weight excluding hydrogens is 255 g/mol. The first-order valence-electron chi connectivity index (χ1n) is 6.39. The number of hydrogen-bond donors (Lipinski definition) is 0. The van der Waals surface area contributed by atoms with Crippen LogP contribution in [0.3, 0.4) is 0 Å². The van der Waals surface area contributed by atoms with Gasteiger partial charge in [-0.15, -0.1) is 0 Å². The minimum atomic E-state index is -4.29. The largest absolute Gasteiger partial charge is 0.416 e. The topological polar surface area (TPSA) is 12.5 Å². The minimum absolute atomic E-state index is 0.0572. The first-order valence-corrected chi connectivity index (χ1v) is 6.39. The Kier molecular flexibility index (Phi) is 4.16. The third kappa shape index (κ3) is 3.70. The summed E-state index contributed by atoms with van der Waals surface area (Å²) in [5.74, 6) is 0. The van der Waals surface area contributed by atoms with E-state index in [2.05, 4.69) is 0 Å².